The number of piperazine rings is 1. The minimum absolute atomic E-state index is 0.0389. The molecular weight excluding hydrogens is 622 g/mol. The van der Waals surface area contributed by atoms with Crippen molar-refractivity contribution in [2.45, 2.75) is 32.4 Å². The van der Waals surface area contributed by atoms with E-state index in [0.29, 0.717) is 36.4 Å². The third kappa shape index (κ3) is 5.36. The van der Waals surface area contributed by atoms with E-state index in [0.717, 1.165) is 32.0 Å². The zero-order chi connectivity index (χ0) is 32.3. The van der Waals surface area contributed by atoms with Crippen LogP contribution in [0.1, 0.15) is 25.8 Å². The molecule has 2 N–H and O–H groups in total. The van der Waals surface area contributed by atoms with Crippen molar-refractivity contribution in [1.82, 2.24) is 24.2 Å². The summed E-state index contributed by atoms with van der Waals surface area (Å²) in [5, 5.41) is 12.7. The van der Waals surface area contributed by atoms with Crippen molar-refractivity contribution in [3.8, 4) is 11.5 Å². The second-order valence-electron chi connectivity index (χ2n) is 11.6. The lowest BCUT2D eigenvalue weighted by Gasteiger charge is -2.34. The Morgan fingerprint density at radius 2 is 1.67 bits per heavy atom. The molecule has 0 spiro atoms. The van der Waals surface area contributed by atoms with E-state index in [4.69, 9.17) is 16.0 Å². The minimum Gasteiger partial charge on any atom is -0.403 e. The molecule has 0 atom stereocenters. The van der Waals surface area contributed by atoms with E-state index in [9.17, 15) is 18.8 Å². The van der Waals surface area contributed by atoms with Crippen LogP contribution in [-0.4, -0.2) is 63.5 Å². The standard InChI is InChI=1S/C31H29ClF2N8O4/c1-3-40-15-23(28(44)17-10-21(33)20(32)12-24(17)40)35-30(45)36-31-38-37-29(46-31)19-14-42(16-4-5-16)25-13-26(22(34)11-18(25)27(19)43)41-8-6-39(2)7-9-41/h10-16H,3-9H2,1-2H3,(H2,35,36,38,45). The number of hydrogen-bond acceptors (Lipinski definition) is 8. The first-order chi connectivity index (χ1) is 22.1. The smallest absolute Gasteiger partial charge is 0.327 e. The number of nitrogens with one attached hydrogen (secondary N) is 2. The Labute approximate surface area is 265 Å². The molecule has 2 aliphatic rings. The van der Waals surface area contributed by atoms with Crippen LogP contribution in [0.3, 0.4) is 0 Å². The third-order valence-electron chi connectivity index (χ3n) is 8.47. The summed E-state index contributed by atoms with van der Waals surface area (Å²) in [5.74, 6) is -1.41. The van der Waals surface area contributed by atoms with Gasteiger partial charge >= 0.3 is 12.0 Å². The van der Waals surface area contributed by atoms with Gasteiger partial charge in [-0.25, -0.2) is 13.6 Å². The van der Waals surface area contributed by atoms with Crippen LogP contribution < -0.4 is 26.4 Å². The molecule has 0 radical (unpaired) electrons. The molecule has 1 aliphatic heterocycles. The van der Waals surface area contributed by atoms with Crippen molar-refractivity contribution < 1.29 is 18.0 Å². The Balaban J connectivity index is 1.17. The lowest BCUT2D eigenvalue weighted by molar-refractivity contribution is 0.261. The minimum atomic E-state index is -0.879. The van der Waals surface area contributed by atoms with Crippen molar-refractivity contribution in [1.29, 1.82) is 0 Å². The van der Waals surface area contributed by atoms with Crippen molar-refractivity contribution in [2.24, 2.45) is 0 Å². The van der Waals surface area contributed by atoms with Crippen molar-refractivity contribution >= 4 is 56.8 Å². The van der Waals surface area contributed by atoms with Crippen molar-refractivity contribution in [3.05, 3.63) is 73.8 Å². The molecule has 2 amide bonds. The van der Waals surface area contributed by atoms with Crippen LogP contribution >= 0.6 is 11.6 Å². The van der Waals surface area contributed by atoms with E-state index in [-0.39, 0.29) is 45.0 Å². The summed E-state index contributed by atoms with van der Waals surface area (Å²) in [5.41, 5.74) is 0.341. The zero-order valence-corrected chi connectivity index (χ0v) is 25.7. The molecule has 238 valence electrons. The molecule has 0 unspecified atom stereocenters. The van der Waals surface area contributed by atoms with E-state index < -0.39 is 28.5 Å². The van der Waals surface area contributed by atoms with Crippen LogP contribution in [-0.2, 0) is 6.54 Å². The van der Waals surface area contributed by atoms with Gasteiger partial charge in [0.25, 0.3) is 5.89 Å². The maximum absolute atomic E-state index is 15.4. The summed E-state index contributed by atoms with van der Waals surface area (Å²) < 4.78 is 38.8. The topological polar surface area (TPSA) is 131 Å². The van der Waals surface area contributed by atoms with E-state index in [2.05, 4.69) is 25.7 Å². The fraction of sp³-hybridized carbons (Fsp3) is 0.323. The predicted molar refractivity (Wildman–Crippen MR) is 171 cm³/mol. The van der Waals surface area contributed by atoms with E-state index >= 15 is 4.39 Å². The molecule has 2 fully saturated rings. The monoisotopic (exact) mass is 650 g/mol. The number of hydrogen-bond donors (Lipinski definition) is 2. The average Bonchev–Trinajstić information content (AvgIpc) is 3.78. The third-order valence-corrected chi connectivity index (χ3v) is 8.76. The van der Waals surface area contributed by atoms with Gasteiger partial charge in [-0.15, -0.1) is 5.10 Å². The molecule has 1 saturated heterocycles. The fourth-order valence-corrected chi connectivity index (χ4v) is 5.98. The van der Waals surface area contributed by atoms with Gasteiger partial charge in [0, 0.05) is 56.5 Å². The van der Waals surface area contributed by atoms with Crippen LogP contribution in [0.25, 0.3) is 33.3 Å². The van der Waals surface area contributed by atoms with Gasteiger partial charge in [-0.05, 0) is 51.1 Å². The molecule has 1 aliphatic carbocycles. The number of aryl methyl sites for hydroxylation is 1. The van der Waals surface area contributed by atoms with Crippen LogP contribution in [0, 0.1) is 11.6 Å². The number of halogens is 3. The normalized spacial score (nSPS) is 15.5. The molecule has 5 aromatic rings. The molecular formula is C31H29ClF2N8O4. The first-order valence-corrected chi connectivity index (χ1v) is 15.2. The van der Waals surface area contributed by atoms with Crippen molar-refractivity contribution in [3.63, 3.8) is 0 Å². The number of likely N-dealkylation sites (N-methyl/N-ethyl adjacent to an activating group) is 1. The lowest BCUT2D eigenvalue weighted by atomic mass is 10.1. The van der Waals surface area contributed by atoms with Gasteiger partial charge < -0.3 is 28.7 Å². The number of urea groups is 1. The van der Waals surface area contributed by atoms with Gasteiger partial charge in [-0.3, -0.25) is 14.9 Å². The van der Waals surface area contributed by atoms with E-state index in [1.54, 1.807) is 16.8 Å². The van der Waals surface area contributed by atoms with Gasteiger partial charge in [0.1, 0.15) is 22.9 Å². The Morgan fingerprint density at radius 3 is 2.39 bits per heavy atom. The second kappa shape index (κ2) is 11.5. The SMILES string of the molecule is CCn1cc(NC(=O)Nc2nnc(-c3cn(C4CC4)c4cc(N5CCN(C)CC5)c(F)cc4c3=O)o2)c(=O)c2cc(F)c(Cl)cc21. The number of benzene rings is 2. The molecule has 0 bridgehead atoms. The number of anilines is 3. The van der Waals surface area contributed by atoms with Crippen LogP contribution in [0.2, 0.25) is 5.02 Å². The molecule has 7 rings (SSSR count). The number of nitrogens with zero attached hydrogens (tertiary/aromatic N) is 6. The number of pyridine rings is 2. The summed E-state index contributed by atoms with van der Waals surface area (Å²) in [6, 6.07) is 4.31. The summed E-state index contributed by atoms with van der Waals surface area (Å²) in [7, 11) is 2.03. The van der Waals surface area contributed by atoms with Crippen LogP contribution in [0.4, 0.5) is 31.0 Å². The lowest BCUT2D eigenvalue weighted by Crippen LogP contribution is -2.44. The summed E-state index contributed by atoms with van der Waals surface area (Å²) in [4.78, 5) is 43.7. The molecule has 15 heteroatoms. The summed E-state index contributed by atoms with van der Waals surface area (Å²) in [6.45, 7) is 5.21. The van der Waals surface area contributed by atoms with Gasteiger partial charge in [-0.2, -0.15) is 0 Å². The maximum Gasteiger partial charge on any atom is 0.327 e. The number of fused-ring (bicyclic) bond motifs is 2. The second-order valence-corrected chi connectivity index (χ2v) is 12.0. The van der Waals surface area contributed by atoms with Crippen LogP contribution in [0.15, 0.2) is 50.7 Å². The highest BCUT2D eigenvalue weighted by Gasteiger charge is 2.29. The first-order valence-electron chi connectivity index (χ1n) is 14.9. The highest BCUT2D eigenvalue weighted by atomic mass is 35.5. The largest absolute Gasteiger partial charge is 0.403 e. The van der Waals surface area contributed by atoms with E-state index in [1.807, 2.05) is 23.4 Å². The van der Waals surface area contributed by atoms with Gasteiger partial charge in [-0.1, -0.05) is 16.7 Å². The molecule has 4 heterocycles. The van der Waals surface area contributed by atoms with E-state index in [1.165, 1.54) is 18.3 Å². The highest BCUT2D eigenvalue weighted by Crippen LogP contribution is 2.39. The zero-order valence-electron chi connectivity index (χ0n) is 24.9. The summed E-state index contributed by atoms with van der Waals surface area (Å²) >= 11 is 5.91. The van der Waals surface area contributed by atoms with Crippen LogP contribution in [0.5, 0.6) is 0 Å². The Hall–Kier alpha value is -4.82. The number of rotatable bonds is 6. The number of amides is 2. The van der Waals surface area contributed by atoms with Gasteiger partial charge in [0.2, 0.25) is 10.9 Å². The molecule has 46 heavy (non-hydrogen) atoms. The molecule has 2 aromatic carbocycles. The van der Waals surface area contributed by atoms with Gasteiger partial charge in [0.05, 0.1) is 27.1 Å². The van der Waals surface area contributed by atoms with Crippen molar-refractivity contribution in [2.75, 3.05) is 48.8 Å². The molecule has 12 nitrogen and oxygen atoms in total. The highest BCUT2D eigenvalue weighted by molar-refractivity contribution is 6.31. The first kappa shape index (κ1) is 29.9. The Morgan fingerprint density at radius 1 is 0.957 bits per heavy atom. The van der Waals surface area contributed by atoms with Gasteiger partial charge in [0.15, 0.2) is 0 Å². The fourth-order valence-electron chi connectivity index (χ4n) is 5.82. The number of carbonyl (C=O) groups excluding carboxylic acids is 1. The Bertz CT molecular complexity index is 2150. The number of aromatic nitrogens is 4. The quantitative estimate of drug-likeness (QED) is 0.261. The molecule has 3 aromatic heterocycles. The average molecular weight is 651 g/mol. The summed E-state index contributed by atoms with van der Waals surface area (Å²) in [6.07, 6.45) is 4.87. The Kier molecular flexibility index (Phi) is 7.48. The maximum atomic E-state index is 15.4. The molecule has 1 saturated carbocycles. The predicted octanol–water partition coefficient (Wildman–Crippen LogP) is 5.05. The number of carbonyl (C=O) groups is 1.